The first-order valence-corrected chi connectivity index (χ1v) is 11.0. The molecule has 164 valence electrons. The summed E-state index contributed by atoms with van der Waals surface area (Å²) < 4.78 is 11.6. The number of aromatic nitrogens is 3. The highest BCUT2D eigenvalue weighted by molar-refractivity contribution is 5.94. The van der Waals surface area contributed by atoms with Gasteiger partial charge in [-0.3, -0.25) is 4.90 Å². The molecular weight excluding hydrogens is 402 g/mol. The maximum absolute atomic E-state index is 5.98. The molecule has 7 nitrogen and oxygen atoms in total. The Morgan fingerprint density at radius 1 is 1.06 bits per heavy atom. The van der Waals surface area contributed by atoms with Crippen LogP contribution in [0.3, 0.4) is 0 Å². The molecule has 3 heterocycles. The van der Waals surface area contributed by atoms with Gasteiger partial charge in [-0.15, -0.1) is 0 Å². The minimum atomic E-state index is 0.489. The summed E-state index contributed by atoms with van der Waals surface area (Å²) in [5.41, 5.74) is 2.85. The lowest BCUT2D eigenvalue weighted by Crippen LogP contribution is -2.18. The monoisotopic (exact) mass is 429 g/mol. The molecule has 0 spiro atoms. The van der Waals surface area contributed by atoms with Crippen LogP contribution in [0.4, 0.5) is 11.5 Å². The summed E-state index contributed by atoms with van der Waals surface area (Å²) in [6.07, 6.45) is 10.3. The van der Waals surface area contributed by atoms with E-state index in [0.29, 0.717) is 18.1 Å². The molecule has 2 N–H and O–H groups in total. The fourth-order valence-electron chi connectivity index (χ4n) is 4.10. The minimum Gasteiger partial charge on any atom is -0.493 e. The molecule has 0 saturated carbocycles. The van der Waals surface area contributed by atoms with Gasteiger partial charge in [-0.05, 0) is 56.3 Å². The number of aromatic amines is 1. The van der Waals surface area contributed by atoms with Gasteiger partial charge in [0.1, 0.15) is 18.8 Å². The van der Waals surface area contributed by atoms with Crippen LogP contribution in [-0.4, -0.2) is 53.2 Å². The number of hydrogen-bond donors (Lipinski definition) is 2. The zero-order chi connectivity index (χ0) is 21.8. The van der Waals surface area contributed by atoms with Gasteiger partial charge in [-0.1, -0.05) is 12.2 Å². The van der Waals surface area contributed by atoms with Crippen molar-refractivity contribution in [1.82, 2.24) is 19.9 Å². The van der Waals surface area contributed by atoms with E-state index in [-0.39, 0.29) is 0 Å². The average molecular weight is 430 g/mol. The van der Waals surface area contributed by atoms with Gasteiger partial charge in [0.25, 0.3) is 0 Å². The number of H-pyrrole nitrogens is 1. The molecule has 32 heavy (non-hydrogen) atoms. The Kier molecular flexibility index (Phi) is 5.89. The van der Waals surface area contributed by atoms with Gasteiger partial charge in [-0.25, -0.2) is 9.97 Å². The summed E-state index contributed by atoms with van der Waals surface area (Å²) in [7, 11) is 1.65. The predicted molar refractivity (Wildman–Crippen MR) is 128 cm³/mol. The SMILES string of the molecule is COc1cc2c(Nc3ccc4[nH]ccc4c3)ncnc2cc1OCC=CCN1CCCC1. The first-order valence-electron chi connectivity index (χ1n) is 11.0. The van der Waals surface area contributed by atoms with Crippen molar-refractivity contribution in [3.63, 3.8) is 0 Å². The van der Waals surface area contributed by atoms with Crippen LogP contribution in [0.5, 0.6) is 11.5 Å². The first kappa shape index (κ1) is 20.3. The van der Waals surface area contributed by atoms with E-state index in [2.05, 4.69) is 43.4 Å². The van der Waals surface area contributed by atoms with Crippen molar-refractivity contribution in [2.45, 2.75) is 12.8 Å². The van der Waals surface area contributed by atoms with Crippen LogP contribution in [0, 0.1) is 0 Å². The number of hydrogen-bond acceptors (Lipinski definition) is 6. The van der Waals surface area contributed by atoms with Crippen molar-refractivity contribution in [3.05, 3.63) is 61.1 Å². The maximum Gasteiger partial charge on any atom is 0.163 e. The lowest BCUT2D eigenvalue weighted by molar-refractivity contribution is 0.325. The van der Waals surface area contributed by atoms with E-state index in [0.717, 1.165) is 39.9 Å². The lowest BCUT2D eigenvalue weighted by Gasteiger charge is -2.13. The van der Waals surface area contributed by atoms with Crippen molar-refractivity contribution >= 4 is 33.3 Å². The molecule has 0 unspecified atom stereocenters. The Bertz CT molecular complexity index is 1240. The van der Waals surface area contributed by atoms with Gasteiger partial charge in [-0.2, -0.15) is 0 Å². The summed E-state index contributed by atoms with van der Waals surface area (Å²) >= 11 is 0. The number of nitrogens with zero attached hydrogens (tertiary/aromatic N) is 3. The van der Waals surface area contributed by atoms with Crippen molar-refractivity contribution in [3.8, 4) is 11.5 Å². The molecule has 0 radical (unpaired) electrons. The van der Waals surface area contributed by atoms with Crippen molar-refractivity contribution in [2.75, 3.05) is 38.7 Å². The number of rotatable bonds is 8. The third kappa shape index (κ3) is 4.38. The van der Waals surface area contributed by atoms with Crippen LogP contribution >= 0.6 is 0 Å². The molecule has 2 aromatic carbocycles. The lowest BCUT2D eigenvalue weighted by atomic mass is 10.2. The van der Waals surface area contributed by atoms with Gasteiger partial charge in [0.05, 0.1) is 12.6 Å². The summed E-state index contributed by atoms with van der Waals surface area (Å²) in [6, 6.07) is 12.0. The van der Waals surface area contributed by atoms with Gasteiger partial charge in [0.15, 0.2) is 11.5 Å². The van der Waals surface area contributed by atoms with Crippen LogP contribution in [0.1, 0.15) is 12.8 Å². The van der Waals surface area contributed by atoms with Crippen LogP contribution < -0.4 is 14.8 Å². The zero-order valence-corrected chi connectivity index (χ0v) is 18.2. The van der Waals surface area contributed by atoms with E-state index in [1.54, 1.807) is 13.4 Å². The highest BCUT2D eigenvalue weighted by Crippen LogP contribution is 2.35. The van der Waals surface area contributed by atoms with Gasteiger partial charge in [0, 0.05) is 40.8 Å². The molecule has 1 aliphatic rings. The van der Waals surface area contributed by atoms with Gasteiger partial charge >= 0.3 is 0 Å². The summed E-state index contributed by atoms with van der Waals surface area (Å²) in [5.74, 6) is 2.05. The normalized spacial score (nSPS) is 14.5. The largest absolute Gasteiger partial charge is 0.493 e. The van der Waals surface area contributed by atoms with Crippen molar-refractivity contribution in [1.29, 1.82) is 0 Å². The van der Waals surface area contributed by atoms with E-state index in [4.69, 9.17) is 9.47 Å². The number of nitrogens with one attached hydrogen (secondary N) is 2. The van der Waals surface area contributed by atoms with E-state index in [1.807, 2.05) is 36.5 Å². The quantitative estimate of drug-likeness (QED) is 0.388. The van der Waals surface area contributed by atoms with E-state index in [1.165, 1.54) is 25.9 Å². The number of fused-ring (bicyclic) bond motifs is 2. The number of methoxy groups -OCH3 is 1. The third-order valence-electron chi connectivity index (χ3n) is 5.80. The molecule has 0 amide bonds. The smallest absolute Gasteiger partial charge is 0.163 e. The number of likely N-dealkylation sites (tertiary alicyclic amines) is 1. The predicted octanol–water partition coefficient (Wildman–Crippen LogP) is 4.89. The molecule has 4 aromatic rings. The molecule has 5 rings (SSSR count). The van der Waals surface area contributed by atoms with E-state index in [9.17, 15) is 0 Å². The van der Waals surface area contributed by atoms with Gasteiger partial charge in [0.2, 0.25) is 0 Å². The molecule has 7 heteroatoms. The topological polar surface area (TPSA) is 75.3 Å². The van der Waals surface area contributed by atoms with Gasteiger partial charge < -0.3 is 19.8 Å². The number of benzene rings is 2. The summed E-state index contributed by atoms with van der Waals surface area (Å²) in [5, 5.41) is 5.42. The second-order valence-corrected chi connectivity index (χ2v) is 7.94. The second-order valence-electron chi connectivity index (χ2n) is 7.94. The molecule has 2 aromatic heterocycles. The standard InChI is InChI=1S/C25H27N5O2/c1-31-23-15-20-22(16-24(23)32-13-5-4-12-30-10-2-3-11-30)27-17-28-25(20)29-19-6-7-21-18(14-19)8-9-26-21/h4-9,14-17,26H,2-3,10-13H2,1H3,(H,27,28,29). The fourth-order valence-corrected chi connectivity index (χ4v) is 4.10. The number of anilines is 2. The molecule has 1 aliphatic heterocycles. The highest BCUT2D eigenvalue weighted by atomic mass is 16.5. The highest BCUT2D eigenvalue weighted by Gasteiger charge is 2.12. The fraction of sp³-hybridized carbons (Fsp3) is 0.280. The molecule has 1 saturated heterocycles. The maximum atomic E-state index is 5.98. The Balaban J connectivity index is 1.33. The zero-order valence-electron chi connectivity index (χ0n) is 18.2. The van der Waals surface area contributed by atoms with E-state index < -0.39 is 0 Å². The minimum absolute atomic E-state index is 0.489. The molecule has 0 aliphatic carbocycles. The third-order valence-corrected chi connectivity index (χ3v) is 5.80. The Labute approximate surface area is 187 Å². The second kappa shape index (κ2) is 9.28. The Morgan fingerprint density at radius 3 is 2.84 bits per heavy atom. The number of ether oxygens (including phenoxy) is 2. The molecule has 0 atom stereocenters. The van der Waals surface area contributed by atoms with Crippen molar-refractivity contribution < 1.29 is 9.47 Å². The first-order chi connectivity index (χ1) is 15.8. The Morgan fingerprint density at radius 2 is 1.97 bits per heavy atom. The average Bonchev–Trinajstić information content (AvgIpc) is 3.50. The van der Waals surface area contributed by atoms with E-state index >= 15 is 0 Å². The molecular formula is C25H27N5O2. The molecule has 0 bridgehead atoms. The Hall–Kier alpha value is -3.58. The van der Waals surface area contributed by atoms with Crippen LogP contribution in [0.25, 0.3) is 21.8 Å². The summed E-state index contributed by atoms with van der Waals surface area (Å²) in [6.45, 7) is 3.86. The summed E-state index contributed by atoms with van der Waals surface area (Å²) in [4.78, 5) is 14.6. The van der Waals surface area contributed by atoms with Crippen LogP contribution in [0.2, 0.25) is 0 Å². The molecule has 1 fully saturated rings. The van der Waals surface area contributed by atoms with Crippen molar-refractivity contribution in [2.24, 2.45) is 0 Å². The van der Waals surface area contributed by atoms with Crippen LogP contribution in [-0.2, 0) is 0 Å². The van der Waals surface area contributed by atoms with Crippen LogP contribution in [0.15, 0.2) is 61.1 Å².